The van der Waals surface area contributed by atoms with E-state index in [0.29, 0.717) is 30.3 Å². The van der Waals surface area contributed by atoms with Crippen molar-refractivity contribution in [1.29, 1.82) is 0 Å². The Kier molecular flexibility index (Phi) is 4.54. The number of rotatable bonds is 5. The van der Waals surface area contributed by atoms with Crippen molar-refractivity contribution in [2.24, 2.45) is 0 Å². The normalized spacial score (nSPS) is 15.9. The molecule has 136 valence electrons. The van der Waals surface area contributed by atoms with E-state index in [1.54, 1.807) is 22.9 Å². The monoisotopic (exact) mass is 356 g/mol. The minimum atomic E-state index is -0.543. The van der Waals surface area contributed by atoms with E-state index in [0.717, 1.165) is 16.7 Å². The molecular weight excluding hydrogens is 335 g/mol. The standard InChI is InChI=1S/C20H21FN2O3/c1-4-12(6-5-7-21)8-13-9-22-16-17-15(13)20(2,3)11-23(17)19(26)14(10-24)18(16)25/h4-7,9,24-25H,1,8,10-11H2,2-3H3/b7-5+,12-6+. The van der Waals surface area contributed by atoms with Gasteiger partial charge in [-0.15, -0.1) is 0 Å². The number of halogens is 1. The van der Waals surface area contributed by atoms with Crippen LogP contribution in [0.1, 0.15) is 30.5 Å². The molecule has 0 spiro atoms. The molecule has 3 heterocycles. The summed E-state index contributed by atoms with van der Waals surface area (Å²) in [5.74, 6) is -0.269. The van der Waals surface area contributed by atoms with Crippen LogP contribution in [0.2, 0.25) is 0 Å². The van der Waals surface area contributed by atoms with Crippen molar-refractivity contribution in [3.63, 3.8) is 0 Å². The molecule has 5 nitrogen and oxygen atoms in total. The molecule has 0 fully saturated rings. The van der Waals surface area contributed by atoms with Gasteiger partial charge in [-0.2, -0.15) is 0 Å². The van der Waals surface area contributed by atoms with Crippen molar-refractivity contribution in [3.05, 3.63) is 70.0 Å². The first-order chi connectivity index (χ1) is 12.4. The summed E-state index contributed by atoms with van der Waals surface area (Å²) in [6.07, 6.45) is 7.18. The van der Waals surface area contributed by atoms with E-state index in [2.05, 4.69) is 11.6 Å². The first kappa shape index (κ1) is 18.1. The molecule has 26 heavy (non-hydrogen) atoms. The average molecular weight is 356 g/mol. The van der Waals surface area contributed by atoms with Crippen molar-refractivity contribution >= 4 is 11.0 Å². The highest BCUT2D eigenvalue weighted by Crippen LogP contribution is 2.42. The molecule has 0 amide bonds. The zero-order valence-electron chi connectivity index (χ0n) is 14.8. The summed E-state index contributed by atoms with van der Waals surface area (Å²) in [5.41, 5.74) is 2.74. The molecule has 0 atom stereocenters. The van der Waals surface area contributed by atoms with E-state index < -0.39 is 12.2 Å². The predicted molar refractivity (Wildman–Crippen MR) is 98.8 cm³/mol. The fourth-order valence-corrected chi connectivity index (χ4v) is 3.72. The topological polar surface area (TPSA) is 75.4 Å². The largest absolute Gasteiger partial charge is 0.505 e. The fourth-order valence-electron chi connectivity index (χ4n) is 3.72. The van der Waals surface area contributed by atoms with Gasteiger partial charge in [0, 0.05) is 18.2 Å². The number of nitrogens with zero attached hydrogens (tertiary/aromatic N) is 2. The maximum Gasteiger partial charge on any atom is 0.260 e. The number of allylic oxidation sites excluding steroid dienone is 4. The van der Waals surface area contributed by atoms with Gasteiger partial charge in [-0.3, -0.25) is 9.78 Å². The maximum absolute atomic E-state index is 12.7. The zero-order valence-corrected chi connectivity index (χ0v) is 14.8. The molecular formula is C20H21FN2O3. The van der Waals surface area contributed by atoms with E-state index in [1.807, 2.05) is 13.8 Å². The molecule has 0 aromatic carbocycles. The van der Waals surface area contributed by atoms with E-state index in [-0.39, 0.29) is 16.7 Å². The second-order valence-electron chi connectivity index (χ2n) is 7.06. The van der Waals surface area contributed by atoms with Gasteiger partial charge >= 0.3 is 0 Å². The van der Waals surface area contributed by atoms with Gasteiger partial charge in [-0.05, 0) is 29.2 Å². The lowest BCUT2D eigenvalue weighted by molar-refractivity contribution is 0.273. The van der Waals surface area contributed by atoms with Gasteiger partial charge in [0.05, 0.1) is 24.0 Å². The van der Waals surface area contributed by atoms with Crippen LogP contribution in [0.15, 0.2) is 47.7 Å². The van der Waals surface area contributed by atoms with Gasteiger partial charge in [-0.1, -0.05) is 32.6 Å². The summed E-state index contributed by atoms with van der Waals surface area (Å²) in [7, 11) is 0. The third-order valence-electron chi connectivity index (χ3n) is 4.84. The van der Waals surface area contributed by atoms with Crippen LogP contribution in [-0.2, 0) is 25.0 Å². The summed E-state index contributed by atoms with van der Waals surface area (Å²) in [4.78, 5) is 17.0. The average Bonchev–Trinajstić information content (AvgIpc) is 2.90. The van der Waals surface area contributed by atoms with Gasteiger partial charge < -0.3 is 14.8 Å². The van der Waals surface area contributed by atoms with Gasteiger partial charge in [-0.25, -0.2) is 4.39 Å². The summed E-state index contributed by atoms with van der Waals surface area (Å²) in [5, 5.41) is 19.9. The second-order valence-corrected chi connectivity index (χ2v) is 7.06. The van der Waals surface area contributed by atoms with E-state index >= 15 is 0 Å². The number of aliphatic hydroxyl groups excluding tert-OH is 1. The third kappa shape index (κ3) is 2.66. The molecule has 0 unspecified atom stereocenters. The lowest BCUT2D eigenvalue weighted by atomic mass is 9.82. The number of hydrogen-bond acceptors (Lipinski definition) is 4. The predicted octanol–water partition coefficient (Wildman–Crippen LogP) is 3.02. The molecule has 1 aliphatic heterocycles. The fraction of sp³-hybridized carbons (Fsp3) is 0.300. The Labute approximate surface area is 150 Å². The Bertz CT molecular complexity index is 1020. The first-order valence-electron chi connectivity index (χ1n) is 8.31. The van der Waals surface area contributed by atoms with Crippen molar-refractivity contribution in [3.8, 4) is 5.75 Å². The van der Waals surface area contributed by atoms with Gasteiger partial charge in [0.1, 0.15) is 5.52 Å². The minimum Gasteiger partial charge on any atom is -0.505 e. The molecule has 6 heteroatoms. The second kappa shape index (κ2) is 6.53. The number of pyridine rings is 2. The van der Waals surface area contributed by atoms with Gasteiger partial charge in [0.25, 0.3) is 5.56 Å². The molecule has 1 aliphatic rings. The van der Waals surface area contributed by atoms with Gasteiger partial charge in [0.15, 0.2) is 5.75 Å². The number of aliphatic hydroxyl groups is 1. The summed E-state index contributed by atoms with van der Waals surface area (Å²) >= 11 is 0. The van der Waals surface area contributed by atoms with Crippen LogP contribution in [0, 0.1) is 0 Å². The Hall–Kier alpha value is -2.73. The first-order valence-corrected chi connectivity index (χ1v) is 8.31. The number of hydrogen-bond donors (Lipinski definition) is 2. The molecule has 2 aromatic heterocycles. The molecule has 0 saturated carbocycles. The number of aromatic hydroxyl groups is 1. The zero-order chi connectivity index (χ0) is 19.1. The Balaban J connectivity index is 2.31. The summed E-state index contributed by atoms with van der Waals surface area (Å²) < 4.78 is 13.9. The van der Waals surface area contributed by atoms with Crippen molar-refractivity contribution in [2.75, 3.05) is 0 Å². The molecule has 0 bridgehead atoms. The van der Waals surface area contributed by atoms with Crippen LogP contribution < -0.4 is 5.56 Å². The lowest BCUT2D eigenvalue weighted by Crippen LogP contribution is -2.26. The Morgan fingerprint density at radius 2 is 2.23 bits per heavy atom. The van der Waals surface area contributed by atoms with Gasteiger partial charge in [0.2, 0.25) is 0 Å². The van der Waals surface area contributed by atoms with Crippen molar-refractivity contribution < 1.29 is 14.6 Å². The molecule has 0 saturated heterocycles. The van der Waals surface area contributed by atoms with E-state index in [4.69, 9.17) is 0 Å². The molecule has 2 N–H and O–H groups in total. The maximum atomic E-state index is 12.7. The van der Waals surface area contributed by atoms with E-state index in [9.17, 15) is 19.4 Å². The van der Waals surface area contributed by atoms with Crippen LogP contribution in [0.25, 0.3) is 11.0 Å². The van der Waals surface area contributed by atoms with Crippen LogP contribution >= 0.6 is 0 Å². The van der Waals surface area contributed by atoms with Crippen LogP contribution in [-0.4, -0.2) is 19.8 Å². The highest BCUT2D eigenvalue weighted by molar-refractivity contribution is 5.88. The lowest BCUT2D eigenvalue weighted by Gasteiger charge is -2.21. The Morgan fingerprint density at radius 3 is 2.85 bits per heavy atom. The van der Waals surface area contributed by atoms with Crippen LogP contribution in [0.4, 0.5) is 4.39 Å². The highest BCUT2D eigenvalue weighted by Gasteiger charge is 2.36. The van der Waals surface area contributed by atoms with Crippen molar-refractivity contribution in [1.82, 2.24) is 9.55 Å². The molecule has 0 aliphatic carbocycles. The van der Waals surface area contributed by atoms with Crippen molar-refractivity contribution in [2.45, 2.75) is 38.8 Å². The summed E-state index contributed by atoms with van der Waals surface area (Å²) in [6.45, 7) is 7.69. The SMILES string of the molecule is C=C/C(=C\C=C\F)Cc1cnc2c(O)c(CO)c(=O)n3c2c1C(C)(C)C3. The quantitative estimate of drug-likeness (QED) is 0.808. The van der Waals surface area contributed by atoms with Crippen LogP contribution in [0.3, 0.4) is 0 Å². The van der Waals surface area contributed by atoms with E-state index in [1.165, 1.54) is 6.08 Å². The number of aromatic nitrogens is 2. The molecule has 3 rings (SSSR count). The summed E-state index contributed by atoms with van der Waals surface area (Å²) in [6, 6.07) is 0. The molecule has 0 radical (unpaired) electrons. The van der Waals surface area contributed by atoms with Crippen LogP contribution in [0.5, 0.6) is 5.75 Å². The Morgan fingerprint density at radius 1 is 1.50 bits per heavy atom. The molecule has 2 aromatic rings. The smallest absolute Gasteiger partial charge is 0.260 e. The minimum absolute atomic E-state index is 0.0406. The third-order valence-corrected chi connectivity index (χ3v) is 4.84. The highest BCUT2D eigenvalue weighted by atomic mass is 19.1.